The Bertz CT molecular complexity index is 656. The van der Waals surface area contributed by atoms with Crippen molar-refractivity contribution in [1.82, 2.24) is 5.43 Å². The van der Waals surface area contributed by atoms with Gasteiger partial charge >= 0.3 is 0 Å². The minimum atomic E-state index is 0.423. The number of rotatable bonds is 5. The normalized spacial score (nSPS) is 10.9. The number of hydrogen-bond donors (Lipinski definition) is 2. The van der Waals surface area contributed by atoms with Gasteiger partial charge in [0.15, 0.2) is 5.11 Å². The Morgan fingerprint density at radius 2 is 1.77 bits per heavy atom. The van der Waals surface area contributed by atoms with Gasteiger partial charge in [0.2, 0.25) is 0 Å². The monoisotopic (exact) mass is 313 g/mol. The van der Waals surface area contributed by atoms with Crippen LogP contribution in [0.25, 0.3) is 0 Å². The Balaban J connectivity index is 2.04. The minimum Gasteiger partial charge on any atom is -0.495 e. The van der Waals surface area contributed by atoms with E-state index in [1.165, 1.54) is 0 Å². The second kappa shape index (κ2) is 8.14. The van der Waals surface area contributed by atoms with Crippen LogP contribution in [0.1, 0.15) is 18.9 Å². The number of thiocarbonyl (C=S) groups is 1. The average Bonchev–Trinajstić information content (AvgIpc) is 2.57. The highest BCUT2D eigenvalue weighted by atomic mass is 32.1. The molecule has 2 aromatic carbocycles. The van der Waals surface area contributed by atoms with Gasteiger partial charge in [0.1, 0.15) is 5.75 Å². The topological polar surface area (TPSA) is 45.7 Å². The van der Waals surface area contributed by atoms with Crippen LogP contribution >= 0.6 is 12.2 Å². The van der Waals surface area contributed by atoms with Crippen LogP contribution in [0.5, 0.6) is 5.75 Å². The molecular weight excluding hydrogens is 294 g/mol. The molecule has 114 valence electrons. The van der Waals surface area contributed by atoms with Gasteiger partial charge in [-0.05, 0) is 36.3 Å². The number of methoxy groups -OCH3 is 1. The van der Waals surface area contributed by atoms with E-state index in [1.54, 1.807) is 7.11 Å². The summed E-state index contributed by atoms with van der Waals surface area (Å²) in [5.41, 5.74) is 5.72. The maximum atomic E-state index is 5.28. The van der Waals surface area contributed by atoms with E-state index in [0.29, 0.717) is 5.11 Å². The summed E-state index contributed by atoms with van der Waals surface area (Å²) in [7, 11) is 1.62. The van der Waals surface area contributed by atoms with E-state index >= 15 is 0 Å². The largest absolute Gasteiger partial charge is 0.495 e. The van der Waals surface area contributed by atoms with Crippen LogP contribution in [0.4, 0.5) is 5.69 Å². The molecule has 2 N–H and O–H groups in total. The van der Waals surface area contributed by atoms with Crippen LogP contribution in [0.3, 0.4) is 0 Å². The first kappa shape index (κ1) is 16.0. The standard InChI is InChI=1S/C17H19N3OS/c1-3-14(13-9-5-4-6-10-13)19-20-17(22)18-15-11-7-8-12-16(15)21-2/h4-12H,3H2,1-2H3,(H2,18,20,22)/b19-14-. The van der Waals surface area contributed by atoms with Crippen molar-refractivity contribution in [3.63, 3.8) is 0 Å². The highest BCUT2D eigenvalue weighted by Gasteiger charge is 2.04. The van der Waals surface area contributed by atoms with Gasteiger partial charge in [-0.1, -0.05) is 49.4 Å². The zero-order valence-corrected chi connectivity index (χ0v) is 13.5. The van der Waals surface area contributed by atoms with Crippen molar-refractivity contribution in [3.8, 4) is 5.75 Å². The number of ether oxygens (including phenoxy) is 1. The number of benzene rings is 2. The van der Waals surface area contributed by atoms with Gasteiger partial charge in [0.25, 0.3) is 0 Å². The predicted molar refractivity (Wildman–Crippen MR) is 95.6 cm³/mol. The van der Waals surface area contributed by atoms with Gasteiger partial charge in [0, 0.05) is 0 Å². The van der Waals surface area contributed by atoms with Crippen LogP contribution < -0.4 is 15.5 Å². The first-order valence-corrected chi connectivity index (χ1v) is 7.47. The molecule has 0 radical (unpaired) electrons. The Hall–Kier alpha value is -2.40. The molecule has 0 amide bonds. The van der Waals surface area contributed by atoms with E-state index in [2.05, 4.69) is 22.8 Å². The third-order valence-electron chi connectivity index (χ3n) is 3.09. The Morgan fingerprint density at radius 3 is 2.45 bits per heavy atom. The summed E-state index contributed by atoms with van der Waals surface area (Å²) >= 11 is 5.27. The molecule has 0 aromatic heterocycles. The molecule has 0 spiro atoms. The van der Waals surface area contributed by atoms with Crippen LogP contribution in [0.15, 0.2) is 59.7 Å². The summed E-state index contributed by atoms with van der Waals surface area (Å²) in [4.78, 5) is 0. The third kappa shape index (κ3) is 4.30. The molecule has 0 bridgehead atoms. The van der Waals surface area contributed by atoms with E-state index < -0.39 is 0 Å². The van der Waals surface area contributed by atoms with Gasteiger partial charge in [-0.3, -0.25) is 5.43 Å². The second-order valence-electron chi connectivity index (χ2n) is 4.54. The second-order valence-corrected chi connectivity index (χ2v) is 4.95. The molecule has 0 heterocycles. The number of anilines is 1. The Kier molecular flexibility index (Phi) is 5.91. The lowest BCUT2D eigenvalue weighted by molar-refractivity contribution is 0.417. The van der Waals surface area contributed by atoms with Crippen LogP contribution in [0.2, 0.25) is 0 Å². The Morgan fingerprint density at radius 1 is 1.09 bits per heavy atom. The van der Waals surface area contributed by atoms with Gasteiger partial charge in [-0.15, -0.1) is 0 Å². The van der Waals surface area contributed by atoms with Crippen molar-refractivity contribution in [1.29, 1.82) is 0 Å². The lowest BCUT2D eigenvalue weighted by Crippen LogP contribution is -2.25. The SMILES string of the molecule is CC/C(=N/NC(=S)Nc1ccccc1OC)c1ccccc1. The number of nitrogens with zero attached hydrogens (tertiary/aromatic N) is 1. The quantitative estimate of drug-likeness (QED) is 0.501. The summed E-state index contributed by atoms with van der Waals surface area (Å²) in [6.45, 7) is 2.06. The molecule has 0 aliphatic carbocycles. The molecule has 0 aliphatic heterocycles. The maximum absolute atomic E-state index is 5.28. The van der Waals surface area contributed by atoms with E-state index in [-0.39, 0.29) is 0 Å². The summed E-state index contributed by atoms with van der Waals surface area (Å²) < 4.78 is 5.28. The molecule has 22 heavy (non-hydrogen) atoms. The fourth-order valence-electron chi connectivity index (χ4n) is 1.99. The van der Waals surface area contributed by atoms with Crippen molar-refractivity contribution in [2.75, 3.05) is 12.4 Å². The molecule has 0 aliphatic rings. The Labute approximate surface area is 136 Å². The zero-order valence-electron chi connectivity index (χ0n) is 12.7. The van der Waals surface area contributed by atoms with Crippen LogP contribution in [-0.4, -0.2) is 17.9 Å². The molecule has 2 rings (SSSR count). The fourth-order valence-corrected chi connectivity index (χ4v) is 2.15. The summed E-state index contributed by atoms with van der Waals surface area (Å²) in [6, 6.07) is 17.6. The third-order valence-corrected chi connectivity index (χ3v) is 3.28. The fraction of sp³-hybridized carbons (Fsp3) is 0.176. The summed E-state index contributed by atoms with van der Waals surface area (Å²) in [5, 5.41) is 7.89. The van der Waals surface area contributed by atoms with Crippen LogP contribution in [0, 0.1) is 0 Å². The van der Waals surface area contributed by atoms with Gasteiger partial charge < -0.3 is 10.1 Å². The predicted octanol–water partition coefficient (Wildman–Crippen LogP) is 3.80. The van der Waals surface area contributed by atoms with Gasteiger partial charge in [0.05, 0.1) is 18.5 Å². The molecular formula is C17H19N3OS. The average molecular weight is 313 g/mol. The van der Waals surface area contributed by atoms with Gasteiger partial charge in [-0.2, -0.15) is 5.10 Å². The van der Waals surface area contributed by atoms with Gasteiger partial charge in [-0.25, -0.2) is 0 Å². The highest BCUT2D eigenvalue weighted by molar-refractivity contribution is 7.80. The number of hydrazone groups is 1. The minimum absolute atomic E-state index is 0.423. The highest BCUT2D eigenvalue weighted by Crippen LogP contribution is 2.22. The molecule has 0 saturated heterocycles. The molecule has 5 heteroatoms. The molecule has 0 atom stereocenters. The van der Waals surface area contributed by atoms with E-state index in [9.17, 15) is 0 Å². The first-order valence-electron chi connectivity index (χ1n) is 7.06. The first-order chi connectivity index (χ1) is 10.7. The van der Waals surface area contributed by atoms with Crippen molar-refractivity contribution < 1.29 is 4.74 Å². The number of nitrogens with one attached hydrogen (secondary N) is 2. The molecule has 4 nitrogen and oxygen atoms in total. The molecule has 0 unspecified atom stereocenters. The lowest BCUT2D eigenvalue weighted by Gasteiger charge is -2.12. The van der Waals surface area contributed by atoms with E-state index in [0.717, 1.165) is 29.1 Å². The van der Waals surface area contributed by atoms with Crippen molar-refractivity contribution in [3.05, 3.63) is 60.2 Å². The van der Waals surface area contributed by atoms with Crippen molar-refractivity contribution in [2.24, 2.45) is 5.10 Å². The molecule has 0 saturated carbocycles. The molecule has 0 fully saturated rings. The van der Waals surface area contributed by atoms with Crippen LogP contribution in [-0.2, 0) is 0 Å². The maximum Gasteiger partial charge on any atom is 0.191 e. The van der Waals surface area contributed by atoms with Crippen molar-refractivity contribution in [2.45, 2.75) is 13.3 Å². The van der Waals surface area contributed by atoms with Crippen molar-refractivity contribution >= 4 is 28.7 Å². The smallest absolute Gasteiger partial charge is 0.191 e. The number of hydrogen-bond acceptors (Lipinski definition) is 3. The lowest BCUT2D eigenvalue weighted by atomic mass is 10.1. The summed E-state index contributed by atoms with van der Waals surface area (Å²) in [5.74, 6) is 0.731. The van der Waals surface area contributed by atoms with E-state index in [1.807, 2.05) is 54.6 Å². The number of para-hydroxylation sites is 2. The zero-order chi connectivity index (χ0) is 15.8. The molecule has 2 aromatic rings. The summed E-state index contributed by atoms with van der Waals surface area (Å²) in [6.07, 6.45) is 0.814. The van der Waals surface area contributed by atoms with E-state index in [4.69, 9.17) is 17.0 Å².